The Morgan fingerprint density at radius 3 is 1.01 bits per heavy atom. The SMILES string of the molecule is CC(=O)[C@@H](c1cc(F)ccc1[C@@H]1CCOC1)N1CC[C@@H](OCCCCc2ccc3c(n2)NCCC3)C1.CC(=O)[C@@H](c1cc(F)ccc1[C@H]1CCOC1)N1CC[C@@H](OCCCCc2ccc3c(n2)NCCC3)C1.CC(=O)[C@H](c1cc(F)ccc1[C@@H]1CCOC1)N1CC[C@@H](OCCCCc2ccc3c(n2)NCCC3)C1. The van der Waals surface area contributed by atoms with Gasteiger partial charge in [0.05, 0.1) is 56.3 Å². The summed E-state index contributed by atoms with van der Waals surface area (Å²) in [6.07, 6.45) is 21.5. The van der Waals surface area contributed by atoms with Gasteiger partial charge in [-0.1, -0.05) is 36.4 Å². The number of nitrogens with zero attached hydrogens (tertiary/aromatic N) is 6. The van der Waals surface area contributed by atoms with Crippen molar-refractivity contribution < 1.29 is 56.0 Å². The van der Waals surface area contributed by atoms with Gasteiger partial charge in [0.2, 0.25) is 0 Å². The quantitative estimate of drug-likeness (QED) is 0.0361. The summed E-state index contributed by atoms with van der Waals surface area (Å²) in [6.45, 7) is 18.4. The lowest BCUT2D eigenvalue weighted by Crippen LogP contribution is -2.33. The average Bonchev–Trinajstić information content (AvgIpc) is 1.64. The number of rotatable bonds is 30. The monoisotopic (exact) mass is 1490 g/mol. The lowest BCUT2D eigenvalue weighted by Gasteiger charge is -2.29. The van der Waals surface area contributed by atoms with Gasteiger partial charge in [-0.3, -0.25) is 29.1 Å². The largest absolute Gasteiger partial charge is 0.381 e. The Kier molecular flexibility index (Phi) is 28.7. The number of halogens is 3. The van der Waals surface area contributed by atoms with Crippen molar-refractivity contribution >= 4 is 34.8 Å². The van der Waals surface area contributed by atoms with Crippen LogP contribution in [0.1, 0.15) is 220 Å². The number of aromatic nitrogens is 3. The summed E-state index contributed by atoms with van der Waals surface area (Å²) in [5.74, 6) is 3.09. The number of Topliss-reactive ketones (excluding diaryl/α,β-unsaturated/α-hetero) is 3. The molecule has 582 valence electrons. The fourth-order valence-electron chi connectivity index (χ4n) is 17.7. The molecule has 3 aromatic carbocycles. The third-order valence-electron chi connectivity index (χ3n) is 23.3. The van der Waals surface area contributed by atoms with Gasteiger partial charge in [-0.25, -0.2) is 28.1 Å². The second kappa shape index (κ2) is 39.2. The van der Waals surface area contributed by atoms with Gasteiger partial charge >= 0.3 is 0 Å². The number of nitrogens with one attached hydrogen (secondary N) is 3. The molecule has 3 aromatic heterocycles. The van der Waals surface area contributed by atoms with Gasteiger partial charge in [-0.15, -0.1) is 0 Å². The van der Waals surface area contributed by atoms with Crippen LogP contribution in [0.15, 0.2) is 91.0 Å². The zero-order valence-corrected chi connectivity index (χ0v) is 63.9. The maximum Gasteiger partial charge on any atom is 0.151 e. The van der Waals surface area contributed by atoms with Crippen molar-refractivity contribution in [1.29, 1.82) is 0 Å². The topological polar surface area (TPSA) is 191 Å². The normalized spacial score (nSPS) is 22.8. The molecule has 3 N–H and O–H groups in total. The first kappa shape index (κ1) is 79.0. The number of anilines is 3. The van der Waals surface area contributed by atoms with Crippen LogP contribution in [0, 0.1) is 17.5 Å². The van der Waals surface area contributed by atoms with Crippen molar-refractivity contribution in [3.8, 4) is 0 Å². The van der Waals surface area contributed by atoms with Gasteiger partial charge in [0.1, 0.15) is 34.9 Å². The molecule has 12 heterocycles. The Morgan fingerprint density at radius 2 is 0.731 bits per heavy atom. The van der Waals surface area contributed by atoms with Crippen LogP contribution >= 0.6 is 0 Å². The molecule has 0 amide bonds. The highest BCUT2D eigenvalue weighted by atomic mass is 19.1. The summed E-state index contributed by atoms with van der Waals surface area (Å²) in [4.78, 5) is 59.2. The molecule has 0 aliphatic carbocycles. The Morgan fingerprint density at radius 1 is 0.426 bits per heavy atom. The van der Waals surface area contributed by atoms with Gasteiger partial charge in [0.15, 0.2) is 17.3 Å². The van der Waals surface area contributed by atoms with Gasteiger partial charge in [0.25, 0.3) is 0 Å². The number of hydrogen-bond acceptors (Lipinski definition) is 18. The van der Waals surface area contributed by atoms with Crippen molar-refractivity contribution in [1.82, 2.24) is 29.7 Å². The number of carbonyl (C=O) groups excluding carboxylic acids is 3. The number of carbonyl (C=O) groups is 3. The molecule has 9 atom stereocenters. The predicted molar refractivity (Wildman–Crippen MR) is 414 cm³/mol. The Hall–Kier alpha value is -7.05. The van der Waals surface area contributed by atoms with E-state index in [0.717, 1.165) is 223 Å². The van der Waals surface area contributed by atoms with E-state index in [-0.39, 0.29) is 70.9 Å². The Labute approximate surface area is 637 Å². The van der Waals surface area contributed by atoms with Crippen LogP contribution in [0.25, 0.3) is 0 Å². The number of fused-ring (bicyclic) bond motifs is 3. The van der Waals surface area contributed by atoms with Crippen molar-refractivity contribution in [3.05, 3.63) is 176 Å². The molecule has 0 radical (unpaired) electrons. The molecular weight excluding hydrogens is 1370 g/mol. The lowest BCUT2D eigenvalue weighted by atomic mass is 9.88. The number of benzene rings is 3. The molecule has 6 saturated heterocycles. The number of pyridine rings is 3. The Balaban J connectivity index is 0.000000143. The van der Waals surface area contributed by atoms with Crippen LogP contribution in [0.3, 0.4) is 0 Å². The fraction of sp³-hybridized carbons (Fsp3) is 0.586. The minimum atomic E-state index is -0.436. The summed E-state index contributed by atoms with van der Waals surface area (Å²) in [5.41, 5.74) is 12.9. The highest BCUT2D eigenvalue weighted by molar-refractivity contribution is 5.85. The van der Waals surface area contributed by atoms with E-state index >= 15 is 0 Å². The number of likely N-dealkylation sites (tertiary alicyclic amines) is 3. The van der Waals surface area contributed by atoms with E-state index in [4.69, 9.17) is 43.4 Å². The summed E-state index contributed by atoms with van der Waals surface area (Å²) < 4.78 is 78.2. The van der Waals surface area contributed by atoms with Crippen LogP contribution in [0.2, 0.25) is 0 Å². The van der Waals surface area contributed by atoms with Crippen LogP contribution < -0.4 is 16.0 Å². The summed E-state index contributed by atoms with van der Waals surface area (Å²) in [5, 5.41) is 10.2. The maximum atomic E-state index is 14.3. The predicted octanol–water partition coefficient (Wildman–Crippen LogP) is 14.5. The third-order valence-corrected chi connectivity index (χ3v) is 23.3. The first-order valence-electron chi connectivity index (χ1n) is 40.6. The van der Waals surface area contributed by atoms with Crippen molar-refractivity contribution in [2.45, 2.75) is 210 Å². The Bertz CT molecular complexity index is 3570. The third kappa shape index (κ3) is 21.1. The average molecular weight is 1490 g/mol. The van der Waals surface area contributed by atoms with E-state index in [0.29, 0.717) is 79.1 Å². The first-order valence-corrected chi connectivity index (χ1v) is 40.6. The van der Waals surface area contributed by atoms with Gasteiger partial charge in [-0.05, 0) is 260 Å². The minimum absolute atomic E-state index is 0.0495. The number of hydrogen-bond donors (Lipinski definition) is 3. The molecule has 6 fully saturated rings. The second-order valence-electron chi connectivity index (χ2n) is 31.3. The zero-order valence-electron chi connectivity index (χ0n) is 63.9. The van der Waals surface area contributed by atoms with E-state index in [9.17, 15) is 27.6 Å². The minimum Gasteiger partial charge on any atom is -0.381 e. The molecule has 9 aliphatic rings. The molecule has 0 bridgehead atoms. The summed E-state index contributed by atoms with van der Waals surface area (Å²) in [6, 6.07) is 26.5. The zero-order chi connectivity index (χ0) is 74.7. The van der Waals surface area contributed by atoms with Gasteiger partial charge < -0.3 is 44.4 Å². The van der Waals surface area contributed by atoms with E-state index in [1.165, 1.54) is 54.2 Å². The van der Waals surface area contributed by atoms with E-state index in [2.05, 4.69) is 67.0 Å². The molecule has 9 aliphatic heterocycles. The number of aryl methyl sites for hydroxylation is 6. The first-order chi connectivity index (χ1) is 52.7. The van der Waals surface area contributed by atoms with E-state index in [1.807, 2.05) is 18.2 Å². The number of ether oxygens (including phenoxy) is 6. The van der Waals surface area contributed by atoms with E-state index < -0.39 is 18.1 Å². The molecule has 0 spiro atoms. The maximum absolute atomic E-state index is 14.3. The van der Waals surface area contributed by atoms with Crippen molar-refractivity contribution in [2.75, 3.05) is 134 Å². The summed E-state index contributed by atoms with van der Waals surface area (Å²) in [7, 11) is 0. The van der Waals surface area contributed by atoms with Gasteiger partial charge in [0, 0.05) is 133 Å². The van der Waals surface area contributed by atoms with E-state index in [1.54, 1.807) is 39.0 Å². The molecule has 6 aromatic rings. The molecule has 15 rings (SSSR count). The van der Waals surface area contributed by atoms with Crippen LogP contribution in [-0.4, -0.2) is 184 Å². The standard InChI is InChI=1S/3C29H38FN3O3/c3*1-20(34)28(27-17-23(30)8-10-26(27)22-12-16-35-19-22)33-14-11-25(18-33)36-15-3-2-6-24-9-7-21-5-4-13-31-29(21)32-24/h3*7-10,17,22,25,28H,2-6,11-16,18-19H2,1H3,(H,31,32)/t22-,25+,28-;22-,25-,28+;22-,25-,28-/m011/s1. The van der Waals surface area contributed by atoms with Crippen LogP contribution in [-0.2, 0) is 81.3 Å². The molecule has 21 heteroatoms. The molecule has 0 unspecified atom stereocenters. The smallest absolute Gasteiger partial charge is 0.151 e. The van der Waals surface area contributed by atoms with Gasteiger partial charge in [-0.2, -0.15) is 0 Å². The summed E-state index contributed by atoms with van der Waals surface area (Å²) >= 11 is 0. The van der Waals surface area contributed by atoms with Crippen LogP contribution in [0.4, 0.5) is 30.6 Å². The van der Waals surface area contributed by atoms with Crippen LogP contribution in [0.5, 0.6) is 0 Å². The van der Waals surface area contributed by atoms with Crippen molar-refractivity contribution in [3.63, 3.8) is 0 Å². The highest BCUT2D eigenvalue weighted by Gasteiger charge is 2.39. The molecule has 0 saturated carbocycles. The molecule has 108 heavy (non-hydrogen) atoms. The lowest BCUT2D eigenvalue weighted by molar-refractivity contribution is -0.123. The number of ketones is 3. The fourth-order valence-corrected chi connectivity index (χ4v) is 17.7. The molecule has 18 nitrogen and oxygen atoms in total. The highest BCUT2D eigenvalue weighted by Crippen LogP contribution is 2.40. The number of unbranched alkanes of at least 4 members (excludes halogenated alkanes) is 3. The molecular formula is C87H114F3N9O9. The van der Waals surface area contributed by atoms with Crippen molar-refractivity contribution in [2.24, 2.45) is 0 Å². The second-order valence-corrected chi connectivity index (χ2v) is 31.3.